The second-order valence-electron chi connectivity index (χ2n) is 6.86. The third kappa shape index (κ3) is 5.71. The standard InChI is InChI=1S/C19H30N4O3/c1-22(2)16-8-6-15(7-9-16)17(23-11-4-5-12-23)14-21-19(25)18(24)20-10-13-26-3/h6-9,17H,4-5,10-14H2,1-3H3,(H,20,24)(H,21,25)/p+1/t17-/m0/s1. The van der Waals surface area contributed by atoms with E-state index < -0.39 is 11.8 Å². The third-order valence-corrected chi connectivity index (χ3v) is 4.82. The molecule has 0 unspecified atom stereocenters. The number of hydrogen-bond donors (Lipinski definition) is 3. The molecular weight excluding hydrogens is 332 g/mol. The Morgan fingerprint density at radius 3 is 2.31 bits per heavy atom. The van der Waals surface area contributed by atoms with Crippen LogP contribution in [0.3, 0.4) is 0 Å². The molecule has 1 saturated heterocycles. The number of likely N-dealkylation sites (tertiary alicyclic amines) is 1. The molecule has 0 saturated carbocycles. The minimum Gasteiger partial charge on any atom is -0.383 e. The maximum atomic E-state index is 12.1. The topological polar surface area (TPSA) is 75.1 Å². The molecule has 0 spiro atoms. The number of anilines is 1. The first-order valence-corrected chi connectivity index (χ1v) is 9.19. The molecule has 26 heavy (non-hydrogen) atoms. The monoisotopic (exact) mass is 363 g/mol. The summed E-state index contributed by atoms with van der Waals surface area (Å²) in [6.07, 6.45) is 2.40. The number of hydrogen-bond acceptors (Lipinski definition) is 4. The number of quaternary nitrogens is 1. The van der Waals surface area contributed by atoms with Crippen molar-refractivity contribution in [2.24, 2.45) is 0 Å². The van der Waals surface area contributed by atoms with Crippen LogP contribution in [-0.4, -0.2) is 65.8 Å². The lowest BCUT2D eigenvalue weighted by Crippen LogP contribution is -3.11. The quantitative estimate of drug-likeness (QED) is 0.424. The summed E-state index contributed by atoms with van der Waals surface area (Å²) in [5.74, 6) is -1.20. The van der Waals surface area contributed by atoms with Crippen molar-refractivity contribution < 1.29 is 19.2 Å². The molecule has 1 heterocycles. The Hall–Kier alpha value is -2.12. The minimum atomic E-state index is -0.611. The number of rotatable bonds is 8. The van der Waals surface area contributed by atoms with E-state index in [0.29, 0.717) is 19.7 Å². The molecule has 0 aromatic heterocycles. The predicted molar refractivity (Wildman–Crippen MR) is 101 cm³/mol. The zero-order valence-electron chi connectivity index (χ0n) is 16.0. The van der Waals surface area contributed by atoms with Gasteiger partial charge in [-0.2, -0.15) is 0 Å². The fraction of sp³-hybridized carbons (Fsp3) is 0.579. The highest BCUT2D eigenvalue weighted by Gasteiger charge is 2.28. The number of amides is 2. The average Bonchev–Trinajstić information content (AvgIpc) is 3.16. The van der Waals surface area contributed by atoms with E-state index in [1.807, 2.05) is 14.1 Å². The predicted octanol–water partition coefficient (Wildman–Crippen LogP) is -0.649. The number of carbonyl (C=O) groups is 2. The number of benzene rings is 1. The van der Waals surface area contributed by atoms with Crippen molar-refractivity contribution in [3.63, 3.8) is 0 Å². The fourth-order valence-corrected chi connectivity index (χ4v) is 3.30. The van der Waals surface area contributed by atoms with Gasteiger partial charge in [-0.05, 0) is 12.1 Å². The van der Waals surface area contributed by atoms with Crippen molar-refractivity contribution in [3.8, 4) is 0 Å². The molecular formula is C19H31N4O3+. The summed E-state index contributed by atoms with van der Waals surface area (Å²) in [5.41, 5.74) is 2.33. The van der Waals surface area contributed by atoms with Gasteiger partial charge in [-0.1, -0.05) is 12.1 Å². The van der Waals surface area contributed by atoms with Crippen LogP contribution in [0.1, 0.15) is 24.4 Å². The van der Waals surface area contributed by atoms with E-state index in [2.05, 4.69) is 39.8 Å². The molecule has 1 aromatic rings. The SMILES string of the molecule is COCCNC(=O)C(=O)NC[C@@H](c1ccc(N(C)C)cc1)[NH+]1CCCC1. The first kappa shape index (κ1) is 20.2. The van der Waals surface area contributed by atoms with E-state index in [-0.39, 0.29) is 6.04 Å². The first-order chi connectivity index (χ1) is 12.5. The molecule has 7 nitrogen and oxygen atoms in total. The zero-order valence-corrected chi connectivity index (χ0v) is 16.0. The summed E-state index contributed by atoms with van der Waals surface area (Å²) in [5, 5.41) is 5.35. The Morgan fingerprint density at radius 1 is 1.12 bits per heavy atom. The van der Waals surface area contributed by atoms with Crippen LogP contribution in [0.5, 0.6) is 0 Å². The minimum absolute atomic E-state index is 0.157. The highest BCUT2D eigenvalue weighted by atomic mass is 16.5. The molecule has 2 rings (SSSR count). The second kappa shape index (κ2) is 10.1. The summed E-state index contributed by atoms with van der Waals surface area (Å²) in [7, 11) is 5.58. The fourth-order valence-electron chi connectivity index (χ4n) is 3.30. The molecule has 7 heteroatoms. The van der Waals surface area contributed by atoms with Crippen LogP contribution in [0.25, 0.3) is 0 Å². The lowest BCUT2D eigenvalue weighted by molar-refractivity contribution is -0.918. The summed E-state index contributed by atoms with van der Waals surface area (Å²) in [6, 6.07) is 8.59. The van der Waals surface area contributed by atoms with Gasteiger partial charge in [0.15, 0.2) is 0 Å². The lowest BCUT2D eigenvalue weighted by Gasteiger charge is -2.25. The van der Waals surface area contributed by atoms with Crippen molar-refractivity contribution in [2.45, 2.75) is 18.9 Å². The largest absolute Gasteiger partial charge is 0.383 e. The average molecular weight is 363 g/mol. The van der Waals surface area contributed by atoms with Crippen LogP contribution < -0.4 is 20.4 Å². The van der Waals surface area contributed by atoms with Gasteiger partial charge in [0.25, 0.3) is 0 Å². The smallest absolute Gasteiger partial charge is 0.309 e. The number of nitrogens with zero attached hydrogens (tertiary/aromatic N) is 1. The number of methoxy groups -OCH3 is 1. The Kier molecular flexibility index (Phi) is 7.87. The zero-order chi connectivity index (χ0) is 18.9. The highest BCUT2D eigenvalue weighted by molar-refractivity contribution is 6.35. The van der Waals surface area contributed by atoms with Gasteiger partial charge < -0.3 is 25.2 Å². The molecule has 2 amide bonds. The molecule has 1 fully saturated rings. The molecule has 0 aliphatic carbocycles. The highest BCUT2D eigenvalue weighted by Crippen LogP contribution is 2.17. The molecule has 1 atom stereocenters. The molecule has 144 valence electrons. The van der Waals surface area contributed by atoms with Gasteiger partial charge in [0.05, 0.1) is 26.2 Å². The Morgan fingerprint density at radius 2 is 1.73 bits per heavy atom. The van der Waals surface area contributed by atoms with Gasteiger partial charge >= 0.3 is 11.8 Å². The van der Waals surface area contributed by atoms with Gasteiger partial charge in [-0.25, -0.2) is 0 Å². The molecule has 1 aliphatic rings. The maximum Gasteiger partial charge on any atom is 0.309 e. The van der Waals surface area contributed by atoms with Crippen LogP contribution in [0, 0.1) is 0 Å². The normalized spacial score (nSPS) is 15.5. The summed E-state index contributed by atoms with van der Waals surface area (Å²) in [6.45, 7) is 3.35. The summed E-state index contributed by atoms with van der Waals surface area (Å²) >= 11 is 0. The van der Waals surface area contributed by atoms with Gasteiger partial charge in [0.2, 0.25) is 0 Å². The van der Waals surface area contributed by atoms with Crippen molar-refractivity contribution >= 4 is 17.5 Å². The second-order valence-corrected chi connectivity index (χ2v) is 6.86. The molecule has 0 radical (unpaired) electrons. The Labute approximate surface area is 155 Å². The Bertz CT molecular complexity index is 583. The molecule has 1 aliphatic heterocycles. The Balaban J connectivity index is 1.99. The van der Waals surface area contributed by atoms with Gasteiger partial charge in [-0.3, -0.25) is 9.59 Å². The van der Waals surface area contributed by atoms with Crippen molar-refractivity contribution in [3.05, 3.63) is 29.8 Å². The first-order valence-electron chi connectivity index (χ1n) is 9.19. The molecule has 0 bridgehead atoms. The van der Waals surface area contributed by atoms with Crippen molar-refractivity contribution in [2.75, 3.05) is 58.9 Å². The van der Waals surface area contributed by atoms with E-state index in [9.17, 15) is 9.59 Å². The van der Waals surface area contributed by atoms with E-state index in [1.165, 1.54) is 23.3 Å². The van der Waals surface area contributed by atoms with Crippen LogP contribution in [0.4, 0.5) is 5.69 Å². The van der Waals surface area contributed by atoms with Gasteiger partial charge in [0, 0.05) is 51.8 Å². The summed E-state index contributed by atoms with van der Waals surface area (Å²) < 4.78 is 4.87. The number of carbonyl (C=O) groups excluding carboxylic acids is 2. The van der Waals surface area contributed by atoms with Gasteiger partial charge in [0.1, 0.15) is 6.04 Å². The van der Waals surface area contributed by atoms with Crippen LogP contribution >= 0.6 is 0 Å². The van der Waals surface area contributed by atoms with Crippen LogP contribution in [-0.2, 0) is 14.3 Å². The molecule has 3 N–H and O–H groups in total. The number of ether oxygens (including phenoxy) is 1. The van der Waals surface area contributed by atoms with Crippen molar-refractivity contribution in [1.82, 2.24) is 10.6 Å². The van der Waals surface area contributed by atoms with Crippen molar-refractivity contribution in [1.29, 1.82) is 0 Å². The van der Waals surface area contributed by atoms with Crippen LogP contribution in [0.2, 0.25) is 0 Å². The van der Waals surface area contributed by atoms with Crippen LogP contribution in [0.15, 0.2) is 24.3 Å². The third-order valence-electron chi connectivity index (χ3n) is 4.82. The maximum absolute atomic E-state index is 12.1. The van der Waals surface area contributed by atoms with E-state index in [0.717, 1.165) is 18.8 Å². The molecule has 1 aromatic carbocycles. The van der Waals surface area contributed by atoms with E-state index in [4.69, 9.17) is 4.74 Å². The van der Waals surface area contributed by atoms with E-state index in [1.54, 1.807) is 7.11 Å². The van der Waals surface area contributed by atoms with Gasteiger partial charge in [-0.15, -0.1) is 0 Å². The number of nitrogens with one attached hydrogen (secondary N) is 3. The van der Waals surface area contributed by atoms with E-state index >= 15 is 0 Å². The lowest BCUT2D eigenvalue weighted by atomic mass is 10.0. The summed E-state index contributed by atoms with van der Waals surface area (Å²) in [4.78, 5) is 27.4.